The summed E-state index contributed by atoms with van der Waals surface area (Å²) in [5.41, 5.74) is 8.22. The Bertz CT molecular complexity index is 1110. The Morgan fingerprint density at radius 1 is 0.974 bits per heavy atom. The van der Waals surface area contributed by atoms with Crippen molar-refractivity contribution >= 4 is 29.3 Å². The Labute approximate surface area is 224 Å². The van der Waals surface area contributed by atoms with Crippen molar-refractivity contribution in [3.05, 3.63) is 65.7 Å². The zero-order chi connectivity index (χ0) is 27.5. The van der Waals surface area contributed by atoms with Crippen molar-refractivity contribution in [1.82, 2.24) is 20.9 Å². The number of nitrogens with zero attached hydrogens (tertiary/aromatic N) is 1. The third-order valence-corrected chi connectivity index (χ3v) is 6.81. The lowest BCUT2D eigenvalue weighted by molar-refractivity contribution is -0.139. The van der Waals surface area contributed by atoms with E-state index in [2.05, 4.69) is 16.0 Å². The lowest BCUT2D eigenvalue weighted by atomic mass is 10.0. The zero-order valence-electron chi connectivity index (χ0n) is 22.2. The Morgan fingerprint density at radius 2 is 1.71 bits per heavy atom. The molecule has 1 aliphatic heterocycles. The van der Waals surface area contributed by atoms with Gasteiger partial charge in [-0.05, 0) is 62.8 Å². The van der Waals surface area contributed by atoms with Crippen LogP contribution in [0.15, 0.2) is 54.6 Å². The third kappa shape index (κ3) is 8.90. The van der Waals surface area contributed by atoms with Crippen LogP contribution < -0.4 is 21.7 Å². The first-order chi connectivity index (χ1) is 18.2. The number of hydrogen-bond donors (Lipinski definition) is 4. The minimum atomic E-state index is -1.08. The molecule has 3 rings (SSSR count). The average Bonchev–Trinajstić information content (AvgIpc) is 2.91. The van der Waals surface area contributed by atoms with Crippen LogP contribution >= 0.6 is 0 Å². The minimum Gasteiger partial charge on any atom is -0.399 e. The number of aryl methyl sites for hydroxylation is 1. The van der Waals surface area contributed by atoms with Crippen LogP contribution in [0.3, 0.4) is 0 Å². The van der Waals surface area contributed by atoms with Crippen molar-refractivity contribution < 1.29 is 19.2 Å². The van der Waals surface area contributed by atoms with Gasteiger partial charge in [-0.15, -0.1) is 0 Å². The fourth-order valence-corrected chi connectivity index (χ4v) is 4.56. The van der Waals surface area contributed by atoms with Crippen molar-refractivity contribution in [1.29, 1.82) is 0 Å². The number of rotatable bonds is 11. The van der Waals surface area contributed by atoms with Gasteiger partial charge in [-0.2, -0.15) is 0 Å². The topological polar surface area (TPSA) is 134 Å². The molecule has 0 aliphatic carbocycles. The van der Waals surface area contributed by atoms with E-state index in [9.17, 15) is 19.2 Å². The second-order valence-electron chi connectivity index (χ2n) is 9.93. The molecule has 3 atom stereocenters. The summed E-state index contributed by atoms with van der Waals surface area (Å²) in [6.07, 6.45) is 3.42. The number of hydrogen-bond acceptors (Lipinski definition) is 5. The van der Waals surface area contributed by atoms with Gasteiger partial charge in [0.15, 0.2) is 0 Å². The fraction of sp³-hybridized carbons (Fsp3) is 0.448. The summed E-state index contributed by atoms with van der Waals surface area (Å²) in [7, 11) is 0. The van der Waals surface area contributed by atoms with Gasteiger partial charge in [-0.25, -0.2) is 0 Å². The van der Waals surface area contributed by atoms with Crippen LogP contribution in [0.1, 0.15) is 57.1 Å². The first-order valence-corrected chi connectivity index (χ1v) is 13.3. The molecule has 0 saturated carbocycles. The summed E-state index contributed by atoms with van der Waals surface area (Å²) in [6, 6.07) is 14.9. The maximum Gasteiger partial charge on any atom is 0.243 e. The quantitative estimate of drug-likeness (QED) is 0.337. The molecule has 5 N–H and O–H groups in total. The molecule has 1 heterocycles. The van der Waals surface area contributed by atoms with Gasteiger partial charge < -0.3 is 26.6 Å². The number of amides is 4. The SMILES string of the molecule is C[C@H](NC(=O)[C@H](CC(=O)N1CCCC[C@@H]1C)NC(=O)CCc1ccccc1)C(=O)NCc1cccc(N)c1. The van der Waals surface area contributed by atoms with Crippen LogP contribution in [-0.4, -0.2) is 53.2 Å². The highest BCUT2D eigenvalue weighted by molar-refractivity contribution is 5.94. The minimum absolute atomic E-state index is 0.0884. The number of nitrogen functional groups attached to an aromatic ring is 1. The van der Waals surface area contributed by atoms with Crippen molar-refractivity contribution in [3.8, 4) is 0 Å². The summed E-state index contributed by atoms with van der Waals surface area (Å²) < 4.78 is 0. The summed E-state index contributed by atoms with van der Waals surface area (Å²) in [4.78, 5) is 53.5. The van der Waals surface area contributed by atoms with Gasteiger partial charge in [0, 0.05) is 31.2 Å². The van der Waals surface area contributed by atoms with E-state index in [4.69, 9.17) is 5.73 Å². The molecular weight excluding hydrogens is 482 g/mol. The number of anilines is 1. The van der Waals surface area contributed by atoms with Gasteiger partial charge >= 0.3 is 0 Å². The molecule has 0 radical (unpaired) electrons. The predicted molar refractivity (Wildman–Crippen MR) is 147 cm³/mol. The van der Waals surface area contributed by atoms with E-state index in [0.29, 0.717) is 18.7 Å². The first-order valence-electron chi connectivity index (χ1n) is 13.3. The standard InChI is InChI=1S/C29H39N5O4/c1-20-9-6-7-16-34(20)27(36)18-25(33-26(35)15-14-22-10-4-3-5-11-22)29(38)32-21(2)28(37)31-19-23-12-8-13-24(30)17-23/h3-5,8,10-13,17,20-21,25H,6-7,9,14-16,18-19,30H2,1-2H3,(H,31,37)(H,32,38)(H,33,35)/t20-,21-,25-/m0/s1. The van der Waals surface area contributed by atoms with E-state index in [1.54, 1.807) is 30.0 Å². The van der Waals surface area contributed by atoms with Gasteiger partial charge in [0.25, 0.3) is 0 Å². The monoisotopic (exact) mass is 521 g/mol. The Hall–Kier alpha value is -3.88. The fourth-order valence-electron chi connectivity index (χ4n) is 4.56. The third-order valence-electron chi connectivity index (χ3n) is 6.81. The number of nitrogens with one attached hydrogen (secondary N) is 3. The predicted octanol–water partition coefficient (Wildman–Crippen LogP) is 2.30. The molecule has 1 fully saturated rings. The van der Waals surface area contributed by atoms with E-state index < -0.39 is 18.0 Å². The molecule has 38 heavy (non-hydrogen) atoms. The van der Waals surface area contributed by atoms with Crippen molar-refractivity contribution in [2.24, 2.45) is 0 Å². The second-order valence-corrected chi connectivity index (χ2v) is 9.93. The molecule has 1 aliphatic rings. The largest absolute Gasteiger partial charge is 0.399 e. The molecule has 2 aromatic rings. The molecule has 9 heteroatoms. The van der Waals surface area contributed by atoms with Gasteiger partial charge in [-0.3, -0.25) is 19.2 Å². The highest BCUT2D eigenvalue weighted by Crippen LogP contribution is 2.18. The number of piperidine rings is 1. The van der Waals surface area contributed by atoms with Crippen LogP contribution in [0.5, 0.6) is 0 Å². The van der Waals surface area contributed by atoms with Crippen LogP contribution in [0.2, 0.25) is 0 Å². The Balaban J connectivity index is 1.60. The number of carbonyl (C=O) groups excluding carboxylic acids is 4. The van der Waals surface area contributed by atoms with Crippen molar-refractivity contribution in [3.63, 3.8) is 0 Å². The van der Waals surface area contributed by atoms with E-state index in [1.807, 2.05) is 43.3 Å². The second kappa shape index (κ2) is 14.2. The summed E-state index contributed by atoms with van der Waals surface area (Å²) >= 11 is 0. The van der Waals surface area contributed by atoms with Gasteiger partial charge in [0.1, 0.15) is 12.1 Å². The first kappa shape index (κ1) is 28.7. The van der Waals surface area contributed by atoms with Gasteiger partial charge in [0.05, 0.1) is 6.42 Å². The molecule has 0 spiro atoms. The zero-order valence-corrected chi connectivity index (χ0v) is 22.2. The van der Waals surface area contributed by atoms with E-state index in [0.717, 1.165) is 30.4 Å². The summed E-state index contributed by atoms with van der Waals surface area (Å²) in [5.74, 6) is -1.46. The average molecular weight is 522 g/mol. The van der Waals surface area contributed by atoms with Crippen molar-refractivity contribution in [2.45, 2.75) is 77.0 Å². The number of carbonyl (C=O) groups is 4. The molecule has 0 unspecified atom stereocenters. The smallest absolute Gasteiger partial charge is 0.243 e. The number of likely N-dealkylation sites (tertiary alicyclic amines) is 1. The lowest BCUT2D eigenvalue weighted by Gasteiger charge is -2.34. The van der Waals surface area contributed by atoms with E-state index in [1.165, 1.54) is 0 Å². The van der Waals surface area contributed by atoms with E-state index >= 15 is 0 Å². The molecule has 0 aromatic heterocycles. The highest BCUT2D eigenvalue weighted by atomic mass is 16.2. The normalized spacial score (nSPS) is 16.7. The van der Waals surface area contributed by atoms with Crippen molar-refractivity contribution in [2.75, 3.05) is 12.3 Å². The Morgan fingerprint density at radius 3 is 2.42 bits per heavy atom. The highest BCUT2D eigenvalue weighted by Gasteiger charge is 2.30. The number of benzene rings is 2. The van der Waals surface area contributed by atoms with Crippen LogP contribution in [0.4, 0.5) is 5.69 Å². The van der Waals surface area contributed by atoms with Gasteiger partial charge in [-0.1, -0.05) is 42.5 Å². The summed E-state index contributed by atoms with van der Waals surface area (Å²) in [6.45, 7) is 4.46. The van der Waals surface area contributed by atoms with Gasteiger partial charge in [0.2, 0.25) is 23.6 Å². The van der Waals surface area contributed by atoms with Crippen LogP contribution in [-0.2, 0) is 32.1 Å². The van der Waals surface area contributed by atoms with Crippen LogP contribution in [0.25, 0.3) is 0 Å². The molecular formula is C29H39N5O4. The maximum atomic E-state index is 13.2. The summed E-state index contributed by atoms with van der Waals surface area (Å²) in [5, 5.41) is 8.18. The molecule has 4 amide bonds. The number of nitrogens with two attached hydrogens (primary N) is 1. The maximum absolute atomic E-state index is 13.2. The van der Waals surface area contributed by atoms with Crippen LogP contribution in [0, 0.1) is 0 Å². The lowest BCUT2D eigenvalue weighted by Crippen LogP contribution is -2.54. The molecule has 2 aromatic carbocycles. The molecule has 9 nitrogen and oxygen atoms in total. The molecule has 0 bridgehead atoms. The Kier molecular flexibility index (Phi) is 10.7. The van der Waals surface area contributed by atoms with E-state index in [-0.39, 0.29) is 43.1 Å². The molecule has 204 valence electrons. The molecule has 1 saturated heterocycles.